The first-order valence-corrected chi connectivity index (χ1v) is 6.21. The Bertz CT molecular complexity index is 128. The summed E-state index contributed by atoms with van der Waals surface area (Å²) in [6.45, 7) is 4.16. The van der Waals surface area contributed by atoms with Crippen molar-refractivity contribution in [1.29, 1.82) is 0 Å². The predicted molar refractivity (Wildman–Crippen MR) is 55.9 cm³/mol. The minimum atomic E-state index is -0.564. The zero-order valence-electron chi connectivity index (χ0n) is 8.43. The van der Waals surface area contributed by atoms with E-state index in [1.165, 1.54) is 12.8 Å². The van der Waals surface area contributed by atoms with Crippen molar-refractivity contribution in [3.8, 4) is 0 Å². The van der Waals surface area contributed by atoms with Crippen LogP contribution in [0.4, 0.5) is 0 Å². The standard InChI is InChI=1S/C9H21NOS/c1-4-12(11)8-6-5-7-9(2)10-3/h9-10H,4-8H2,1-3H3. The summed E-state index contributed by atoms with van der Waals surface area (Å²) in [5.41, 5.74) is 0. The molecule has 2 nitrogen and oxygen atoms in total. The first-order valence-electron chi connectivity index (χ1n) is 4.73. The summed E-state index contributed by atoms with van der Waals surface area (Å²) in [5, 5.41) is 3.19. The normalized spacial score (nSPS) is 15.9. The molecule has 0 aromatic rings. The molecule has 0 rings (SSSR count). The van der Waals surface area contributed by atoms with Crippen molar-refractivity contribution in [3.05, 3.63) is 0 Å². The van der Waals surface area contributed by atoms with Crippen LogP contribution in [0.15, 0.2) is 0 Å². The number of rotatable bonds is 7. The molecular formula is C9H21NOS. The van der Waals surface area contributed by atoms with Crippen LogP contribution in [0.25, 0.3) is 0 Å². The third kappa shape index (κ3) is 6.80. The van der Waals surface area contributed by atoms with Gasteiger partial charge in [0, 0.05) is 28.3 Å². The molecule has 0 radical (unpaired) electrons. The monoisotopic (exact) mass is 191 g/mol. The van der Waals surface area contributed by atoms with E-state index in [4.69, 9.17) is 0 Å². The first kappa shape index (κ1) is 12.1. The lowest BCUT2D eigenvalue weighted by atomic mass is 10.1. The van der Waals surface area contributed by atoms with Crippen LogP contribution >= 0.6 is 0 Å². The fourth-order valence-corrected chi connectivity index (χ4v) is 1.82. The van der Waals surface area contributed by atoms with Crippen molar-refractivity contribution < 1.29 is 4.21 Å². The van der Waals surface area contributed by atoms with E-state index >= 15 is 0 Å². The molecule has 0 fully saturated rings. The van der Waals surface area contributed by atoms with Crippen molar-refractivity contribution in [2.45, 2.75) is 39.2 Å². The predicted octanol–water partition coefficient (Wildman–Crippen LogP) is 1.53. The Hall–Kier alpha value is 0.110. The molecule has 0 aromatic heterocycles. The van der Waals surface area contributed by atoms with Crippen molar-refractivity contribution in [2.75, 3.05) is 18.6 Å². The van der Waals surface area contributed by atoms with E-state index in [2.05, 4.69) is 12.2 Å². The molecule has 0 saturated heterocycles. The number of hydrogen-bond donors (Lipinski definition) is 1. The van der Waals surface area contributed by atoms with E-state index < -0.39 is 10.8 Å². The molecule has 0 aromatic carbocycles. The Morgan fingerprint density at radius 1 is 1.42 bits per heavy atom. The third-order valence-electron chi connectivity index (χ3n) is 2.07. The van der Waals surface area contributed by atoms with Crippen LogP contribution in [-0.2, 0) is 10.8 Å². The molecule has 0 heterocycles. The van der Waals surface area contributed by atoms with Crippen molar-refractivity contribution in [1.82, 2.24) is 5.32 Å². The Balaban J connectivity index is 3.15. The summed E-state index contributed by atoms with van der Waals surface area (Å²) in [7, 11) is 1.42. The molecule has 3 heteroatoms. The van der Waals surface area contributed by atoms with Crippen molar-refractivity contribution in [2.24, 2.45) is 0 Å². The Labute approximate surface area is 78.6 Å². The van der Waals surface area contributed by atoms with Crippen LogP contribution in [-0.4, -0.2) is 28.8 Å². The lowest BCUT2D eigenvalue weighted by molar-refractivity contribution is 0.537. The Morgan fingerprint density at radius 3 is 2.58 bits per heavy atom. The van der Waals surface area contributed by atoms with Gasteiger partial charge < -0.3 is 5.32 Å². The molecule has 0 spiro atoms. The smallest absolute Gasteiger partial charge is 0.0234 e. The van der Waals surface area contributed by atoms with Gasteiger partial charge in [-0.1, -0.05) is 13.3 Å². The van der Waals surface area contributed by atoms with Gasteiger partial charge >= 0.3 is 0 Å². The van der Waals surface area contributed by atoms with E-state index in [0.717, 1.165) is 17.9 Å². The fourth-order valence-electron chi connectivity index (χ4n) is 1.00. The SMILES string of the molecule is CCS(=O)CCCCC(C)NC. The highest BCUT2D eigenvalue weighted by atomic mass is 32.2. The summed E-state index contributed by atoms with van der Waals surface area (Å²) in [4.78, 5) is 0. The molecule has 0 saturated carbocycles. The van der Waals surface area contributed by atoms with Gasteiger partial charge in [0.05, 0.1) is 0 Å². The molecule has 74 valence electrons. The number of hydrogen-bond acceptors (Lipinski definition) is 2. The molecule has 2 atom stereocenters. The molecule has 0 aliphatic carbocycles. The number of unbranched alkanes of at least 4 members (excludes halogenated alkanes) is 1. The van der Waals surface area contributed by atoms with E-state index in [1.807, 2.05) is 14.0 Å². The highest BCUT2D eigenvalue weighted by Crippen LogP contribution is 2.01. The molecule has 2 unspecified atom stereocenters. The van der Waals surface area contributed by atoms with Crippen LogP contribution in [0.5, 0.6) is 0 Å². The van der Waals surface area contributed by atoms with Crippen LogP contribution in [0.3, 0.4) is 0 Å². The Kier molecular flexibility index (Phi) is 7.81. The van der Waals surface area contributed by atoms with Crippen LogP contribution < -0.4 is 5.32 Å². The van der Waals surface area contributed by atoms with Gasteiger partial charge in [-0.25, -0.2) is 0 Å². The highest BCUT2D eigenvalue weighted by molar-refractivity contribution is 7.84. The summed E-state index contributed by atoms with van der Waals surface area (Å²) in [5.74, 6) is 1.69. The molecular weight excluding hydrogens is 170 g/mol. The minimum absolute atomic E-state index is 0.564. The summed E-state index contributed by atoms with van der Waals surface area (Å²) >= 11 is 0. The van der Waals surface area contributed by atoms with Gasteiger partial charge in [-0.3, -0.25) is 4.21 Å². The second-order valence-electron chi connectivity index (χ2n) is 3.12. The van der Waals surface area contributed by atoms with E-state index in [9.17, 15) is 4.21 Å². The second kappa shape index (κ2) is 7.74. The highest BCUT2D eigenvalue weighted by Gasteiger charge is 1.99. The van der Waals surface area contributed by atoms with Gasteiger partial charge in [-0.05, 0) is 26.8 Å². The summed E-state index contributed by atoms with van der Waals surface area (Å²) < 4.78 is 11.0. The zero-order valence-corrected chi connectivity index (χ0v) is 9.25. The quantitative estimate of drug-likeness (QED) is 0.618. The zero-order chi connectivity index (χ0) is 9.40. The van der Waals surface area contributed by atoms with Gasteiger partial charge in [0.2, 0.25) is 0 Å². The van der Waals surface area contributed by atoms with Gasteiger partial charge in [-0.15, -0.1) is 0 Å². The largest absolute Gasteiger partial charge is 0.317 e. The van der Waals surface area contributed by atoms with E-state index in [0.29, 0.717) is 6.04 Å². The van der Waals surface area contributed by atoms with Gasteiger partial charge in [0.1, 0.15) is 0 Å². The topological polar surface area (TPSA) is 29.1 Å². The minimum Gasteiger partial charge on any atom is -0.317 e. The molecule has 1 N–H and O–H groups in total. The maximum Gasteiger partial charge on any atom is 0.0234 e. The molecule has 0 aliphatic heterocycles. The summed E-state index contributed by atoms with van der Waals surface area (Å²) in [6.07, 6.45) is 3.48. The van der Waals surface area contributed by atoms with Crippen LogP contribution in [0, 0.1) is 0 Å². The maximum absolute atomic E-state index is 11.0. The van der Waals surface area contributed by atoms with Crippen LogP contribution in [0.1, 0.15) is 33.1 Å². The average molecular weight is 191 g/mol. The van der Waals surface area contributed by atoms with Gasteiger partial charge in [0.15, 0.2) is 0 Å². The van der Waals surface area contributed by atoms with E-state index in [-0.39, 0.29) is 0 Å². The first-order chi connectivity index (χ1) is 5.70. The third-order valence-corrected chi connectivity index (χ3v) is 3.46. The van der Waals surface area contributed by atoms with Crippen molar-refractivity contribution in [3.63, 3.8) is 0 Å². The molecule has 0 amide bonds. The maximum atomic E-state index is 11.0. The van der Waals surface area contributed by atoms with E-state index in [1.54, 1.807) is 0 Å². The Morgan fingerprint density at radius 2 is 2.08 bits per heavy atom. The molecule has 12 heavy (non-hydrogen) atoms. The second-order valence-corrected chi connectivity index (χ2v) is 4.98. The average Bonchev–Trinajstić information content (AvgIpc) is 2.11. The fraction of sp³-hybridized carbons (Fsp3) is 1.00. The van der Waals surface area contributed by atoms with Crippen molar-refractivity contribution >= 4 is 10.8 Å². The molecule has 0 aliphatic rings. The lowest BCUT2D eigenvalue weighted by Gasteiger charge is -2.08. The number of nitrogens with one attached hydrogen (secondary N) is 1. The summed E-state index contributed by atoms with van der Waals surface area (Å²) in [6, 6.07) is 0.597. The molecule has 0 bridgehead atoms. The van der Waals surface area contributed by atoms with Gasteiger partial charge in [0.25, 0.3) is 0 Å². The van der Waals surface area contributed by atoms with Crippen LogP contribution in [0.2, 0.25) is 0 Å². The lowest BCUT2D eigenvalue weighted by Crippen LogP contribution is -2.20. The van der Waals surface area contributed by atoms with Gasteiger partial charge in [-0.2, -0.15) is 0 Å².